The first-order chi connectivity index (χ1) is 10.9. The fraction of sp³-hybridized carbons (Fsp3) is 0.765. The Bertz CT molecular complexity index is 461. The molecular formula is C17H35IN6. The van der Waals surface area contributed by atoms with Gasteiger partial charge in [0.25, 0.3) is 0 Å². The molecule has 0 bridgehead atoms. The van der Waals surface area contributed by atoms with Gasteiger partial charge in [-0.1, -0.05) is 0 Å². The lowest BCUT2D eigenvalue weighted by molar-refractivity contribution is 0.178. The van der Waals surface area contributed by atoms with Gasteiger partial charge in [-0.15, -0.1) is 24.0 Å². The summed E-state index contributed by atoms with van der Waals surface area (Å²) in [6.07, 6.45) is 6.10. The third-order valence-corrected chi connectivity index (χ3v) is 3.91. The van der Waals surface area contributed by atoms with Gasteiger partial charge in [-0.3, -0.25) is 14.6 Å². The lowest BCUT2D eigenvalue weighted by atomic mass is 10.2. The van der Waals surface area contributed by atoms with Crippen molar-refractivity contribution in [1.82, 2.24) is 25.3 Å². The molecule has 2 N–H and O–H groups in total. The van der Waals surface area contributed by atoms with E-state index in [-0.39, 0.29) is 24.0 Å². The van der Waals surface area contributed by atoms with Crippen LogP contribution in [0, 0.1) is 0 Å². The predicted molar refractivity (Wildman–Crippen MR) is 113 cm³/mol. The van der Waals surface area contributed by atoms with E-state index in [1.165, 1.54) is 5.56 Å². The number of nitrogens with one attached hydrogen (secondary N) is 2. The Balaban J connectivity index is 0.00000529. The van der Waals surface area contributed by atoms with E-state index in [0.717, 1.165) is 38.4 Å². The summed E-state index contributed by atoms with van der Waals surface area (Å²) in [6, 6.07) is 1.12. The summed E-state index contributed by atoms with van der Waals surface area (Å²) in [5.41, 5.74) is 1.28. The molecule has 0 unspecified atom stereocenters. The summed E-state index contributed by atoms with van der Waals surface area (Å²) in [4.78, 5) is 6.76. The normalized spacial score (nSPS) is 12.0. The van der Waals surface area contributed by atoms with Gasteiger partial charge >= 0.3 is 0 Å². The van der Waals surface area contributed by atoms with Crippen LogP contribution in [-0.4, -0.2) is 59.4 Å². The average Bonchev–Trinajstić information content (AvgIpc) is 2.90. The monoisotopic (exact) mass is 450 g/mol. The molecular weight excluding hydrogens is 415 g/mol. The third kappa shape index (κ3) is 8.86. The van der Waals surface area contributed by atoms with E-state index in [2.05, 4.69) is 59.5 Å². The van der Waals surface area contributed by atoms with E-state index in [9.17, 15) is 0 Å². The van der Waals surface area contributed by atoms with Gasteiger partial charge in [0, 0.05) is 52.0 Å². The Hall–Kier alpha value is -0.830. The van der Waals surface area contributed by atoms with Crippen molar-refractivity contribution in [2.24, 2.45) is 12.0 Å². The van der Waals surface area contributed by atoms with Crippen LogP contribution in [0.3, 0.4) is 0 Å². The first-order valence-electron chi connectivity index (χ1n) is 8.61. The number of halogens is 1. The summed E-state index contributed by atoms with van der Waals surface area (Å²) in [7, 11) is 3.77. The van der Waals surface area contributed by atoms with Crippen molar-refractivity contribution in [2.45, 2.75) is 52.6 Å². The van der Waals surface area contributed by atoms with Gasteiger partial charge in [0.2, 0.25) is 0 Å². The summed E-state index contributed by atoms with van der Waals surface area (Å²) in [5.74, 6) is 0.878. The zero-order chi connectivity index (χ0) is 17.2. The summed E-state index contributed by atoms with van der Waals surface area (Å²) >= 11 is 0. The Labute approximate surface area is 164 Å². The Morgan fingerprint density at radius 2 is 1.83 bits per heavy atom. The fourth-order valence-corrected chi connectivity index (χ4v) is 2.74. The SMILES string of the molecule is CN=C(NCCCc1cnn(C)c1)NCCN(C(C)C)C(C)C.I. The van der Waals surface area contributed by atoms with Gasteiger partial charge in [-0.05, 0) is 46.1 Å². The number of aryl methyl sites for hydroxylation is 2. The molecule has 0 atom stereocenters. The van der Waals surface area contributed by atoms with Crippen molar-refractivity contribution in [3.05, 3.63) is 18.0 Å². The van der Waals surface area contributed by atoms with Gasteiger partial charge in [0.1, 0.15) is 0 Å². The van der Waals surface area contributed by atoms with Crippen LogP contribution < -0.4 is 10.6 Å². The Morgan fingerprint density at radius 3 is 2.33 bits per heavy atom. The molecule has 0 saturated heterocycles. The maximum absolute atomic E-state index is 4.28. The van der Waals surface area contributed by atoms with Crippen LogP contribution in [0.4, 0.5) is 0 Å². The lowest BCUT2D eigenvalue weighted by Crippen LogP contribution is -2.45. The second-order valence-electron chi connectivity index (χ2n) is 6.48. The summed E-state index contributed by atoms with van der Waals surface area (Å²) < 4.78 is 1.85. The molecule has 0 saturated carbocycles. The highest BCUT2D eigenvalue weighted by Crippen LogP contribution is 2.03. The van der Waals surface area contributed by atoms with E-state index in [4.69, 9.17) is 0 Å². The zero-order valence-corrected chi connectivity index (χ0v) is 18.4. The van der Waals surface area contributed by atoms with Crippen molar-refractivity contribution < 1.29 is 0 Å². The van der Waals surface area contributed by atoms with Crippen LogP contribution in [-0.2, 0) is 13.5 Å². The maximum Gasteiger partial charge on any atom is 0.191 e. The van der Waals surface area contributed by atoms with Crippen molar-refractivity contribution in [3.63, 3.8) is 0 Å². The minimum atomic E-state index is 0. The number of aromatic nitrogens is 2. The van der Waals surface area contributed by atoms with Crippen LogP contribution in [0.5, 0.6) is 0 Å². The minimum absolute atomic E-state index is 0. The van der Waals surface area contributed by atoms with Crippen molar-refractivity contribution in [2.75, 3.05) is 26.7 Å². The fourth-order valence-electron chi connectivity index (χ4n) is 2.74. The van der Waals surface area contributed by atoms with Crippen LogP contribution in [0.15, 0.2) is 17.4 Å². The highest BCUT2D eigenvalue weighted by molar-refractivity contribution is 14.0. The van der Waals surface area contributed by atoms with Gasteiger partial charge in [0.05, 0.1) is 6.20 Å². The van der Waals surface area contributed by atoms with Crippen LogP contribution in [0.1, 0.15) is 39.7 Å². The van der Waals surface area contributed by atoms with E-state index in [0.29, 0.717) is 12.1 Å². The van der Waals surface area contributed by atoms with Crippen molar-refractivity contribution >= 4 is 29.9 Å². The van der Waals surface area contributed by atoms with Crippen molar-refractivity contribution in [3.8, 4) is 0 Å². The first-order valence-corrected chi connectivity index (χ1v) is 8.61. The molecule has 7 heteroatoms. The van der Waals surface area contributed by atoms with Crippen molar-refractivity contribution in [1.29, 1.82) is 0 Å². The second-order valence-corrected chi connectivity index (χ2v) is 6.48. The second kappa shape index (κ2) is 12.5. The molecule has 1 heterocycles. The quantitative estimate of drug-likeness (QED) is 0.262. The third-order valence-electron chi connectivity index (χ3n) is 3.91. The zero-order valence-electron chi connectivity index (χ0n) is 16.0. The number of nitrogens with zero attached hydrogens (tertiary/aromatic N) is 4. The van der Waals surface area contributed by atoms with Gasteiger partial charge in [-0.25, -0.2) is 0 Å². The van der Waals surface area contributed by atoms with Crippen LogP contribution >= 0.6 is 24.0 Å². The van der Waals surface area contributed by atoms with Gasteiger partial charge in [-0.2, -0.15) is 5.10 Å². The van der Waals surface area contributed by atoms with E-state index in [1.807, 2.05) is 25.0 Å². The minimum Gasteiger partial charge on any atom is -0.356 e. The molecule has 0 fully saturated rings. The molecule has 0 aliphatic heterocycles. The standard InChI is InChI=1S/C17H34N6.HI/c1-14(2)23(15(3)4)11-10-20-17(18-5)19-9-7-8-16-12-21-22(6)13-16;/h12-15H,7-11H2,1-6H3,(H2,18,19,20);1H. The van der Waals surface area contributed by atoms with Gasteiger partial charge < -0.3 is 10.6 Å². The predicted octanol–water partition coefficient (Wildman–Crippen LogP) is 2.25. The highest BCUT2D eigenvalue weighted by atomic mass is 127. The molecule has 0 amide bonds. The Morgan fingerprint density at radius 1 is 1.21 bits per heavy atom. The number of hydrogen-bond acceptors (Lipinski definition) is 3. The molecule has 0 spiro atoms. The molecule has 0 radical (unpaired) electrons. The van der Waals surface area contributed by atoms with E-state index >= 15 is 0 Å². The largest absolute Gasteiger partial charge is 0.356 e. The number of aliphatic imine (C=N–C) groups is 1. The Kier molecular flexibility index (Phi) is 12.1. The molecule has 24 heavy (non-hydrogen) atoms. The highest BCUT2D eigenvalue weighted by Gasteiger charge is 2.12. The smallest absolute Gasteiger partial charge is 0.191 e. The first kappa shape index (κ1) is 23.2. The number of rotatable bonds is 9. The number of guanidine groups is 1. The summed E-state index contributed by atoms with van der Waals surface area (Å²) in [5, 5.41) is 11.0. The molecule has 6 nitrogen and oxygen atoms in total. The molecule has 0 aromatic carbocycles. The molecule has 0 aliphatic carbocycles. The molecule has 1 aromatic heterocycles. The topological polar surface area (TPSA) is 57.5 Å². The van der Waals surface area contributed by atoms with Crippen LogP contribution in [0.2, 0.25) is 0 Å². The molecule has 1 aromatic rings. The number of hydrogen-bond donors (Lipinski definition) is 2. The van der Waals surface area contributed by atoms with Gasteiger partial charge in [0.15, 0.2) is 5.96 Å². The molecule has 1 rings (SSSR count). The van der Waals surface area contributed by atoms with E-state index in [1.54, 1.807) is 0 Å². The maximum atomic E-state index is 4.28. The molecule has 140 valence electrons. The lowest BCUT2D eigenvalue weighted by Gasteiger charge is -2.30. The van der Waals surface area contributed by atoms with Crippen LogP contribution in [0.25, 0.3) is 0 Å². The van der Waals surface area contributed by atoms with E-state index < -0.39 is 0 Å². The average molecular weight is 450 g/mol. The molecule has 0 aliphatic rings. The summed E-state index contributed by atoms with van der Waals surface area (Å²) in [6.45, 7) is 11.8.